The summed E-state index contributed by atoms with van der Waals surface area (Å²) in [6.07, 6.45) is 7.06. The molecular weight excluding hydrogens is 206 g/mol. The Hall–Kier alpha value is -0.0400. The molecule has 1 saturated carbocycles. The van der Waals surface area contributed by atoms with Crippen LogP contribution in [0.3, 0.4) is 0 Å². The molecule has 0 bridgehead atoms. The number of nitrogens with one attached hydrogen (secondary N) is 1. The van der Waals surface area contributed by atoms with Crippen molar-refractivity contribution >= 4 is 0 Å². The van der Waals surface area contributed by atoms with Crippen LogP contribution in [0.25, 0.3) is 0 Å². The molecule has 0 aromatic rings. The number of rotatable bonds is 6. The first kappa shape index (κ1) is 15.0. The predicted molar refractivity (Wildman–Crippen MR) is 77.2 cm³/mol. The molecule has 0 amide bonds. The van der Waals surface area contributed by atoms with E-state index in [0.29, 0.717) is 5.41 Å². The van der Waals surface area contributed by atoms with Crippen molar-refractivity contribution in [2.24, 2.45) is 23.2 Å². The molecule has 0 saturated heterocycles. The zero-order chi connectivity index (χ0) is 12.9. The van der Waals surface area contributed by atoms with Gasteiger partial charge in [-0.1, -0.05) is 41.0 Å². The first-order valence-corrected chi connectivity index (χ1v) is 7.69. The highest BCUT2D eigenvalue weighted by atomic mass is 14.8. The third kappa shape index (κ3) is 4.99. The summed E-state index contributed by atoms with van der Waals surface area (Å²) in [6.45, 7) is 14.3. The van der Waals surface area contributed by atoms with Gasteiger partial charge < -0.3 is 5.32 Å². The highest BCUT2D eigenvalue weighted by molar-refractivity contribution is 4.86. The van der Waals surface area contributed by atoms with E-state index in [1.807, 2.05) is 0 Å². The molecule has 0 spiro atoms. The van der Waals surface area contributed by atoms with E-state index in [9.17, 15) is 0 Å². The standard InChI is InChI=1S/C16H33N/c1-6-13(3)10-15-11-16(4,5)9-8-14(15)12-17-7-2/h13-15,17H,6-12H2,1-5H3. The minimum atomic E-state index is 0.584. The van der Waals surface area contributed by atoms with Crippen LogP contribution in [-0.2, 0) is 0 Å². The average Bonchev–Trinajstić information content (AvgIpc) is 2.27. The number of hydrogen-bond donors (Lipinski definition) is 1. The Morgan fingerprint density at radius 3 is 2.53 bits per heavy atom. The molecule has 0 radical (unpaired) electrons. The summed E-state index contributed by atoms with van der Waals surface area (Å²) < 4.78 is 0. The van der Waals surface area contributed by atoms with Crippen molar-refractivity contribution in [3.05, 3.63) is 0 Å². The first-order chi connectivity index (χ1) is 7.98. The molecule has 1 nitrogen and oxygen atoms in total. The van der Waals surface area contributed by atoms with Gasteiger partial charge in [-0.15, -0.1) is 0 Å². The van der Waals surface area contributed by atoms with Crippen molar-refractivity contribution in [3.8, 4) is 0 Å². The SMILES string of the molecule is CCNCC1CCC(C)(C)CC1CC(C)CC. The second kappa shape index (κ2) is 6.78. The summed E-state index contributed by atoms with van der Waals surface area (Å²) in [4.78, 5) is 0. The first-order valence-electron chi connectivity index (χ1n) is 7.69. The fourth-order valence-electron chi connectivity index (χ4n) is 3.35. The Morgan fingerprint density at radius 1 is 1.24 bits per heavy atom. The molecule has 3 atom stereocenters. The minimum absolute atomic E-state index is 0.584. The predicted octanol–water partition coefficient (Wildman–Crippen LogP) is 4.47. The van der Waals surface area contributed by atoms with E-state index in [1.54, 1.807) is 0 Å². The summed E-state index contributed by atoms with van der Waals surface area (Å²) in [6, 6.07) is 0. The summed E-state index contributed by atoms with van der Waals surface area (Å²) in [5.74, 6) is 2.78. The van der Waals surface area contributed by atoms with Crippen LogP contribution in [0.15, 0.2) is 0 Å². The lowest BCUT2D eigenvalue weighted by molar-refractivity contribution is 0.0985. The monoisotopic (exact) mass is 239 g/mol. The van der Waals surface area contributed by atoms with Crippen molar-refractivity contribution in [2.75, 3.05) is 13.1 Å². The minimum Gasteiger partial charge on any atom is -0.317 e. The average molecular weight is 239 g/mol. The topological polar surface area (TPSA) is 12.0 Å². The Labute approximate surface area is 109 Å². The maximum absolute atomic E-state index is 3.57. The van der Waals surface area contributed by atoms with Crippen LogP contribution in [0.2, 0.25) is 0 Å². The van der Waals surface area contributed by atoms with Gasteiger partial charge in [0.15, 0.2) is 0 Å². The zero-order valence-electron chi connectivity index (χ0n) is 12.7. The molecule has 1 aliphatic carbocycles. The van der Waals surface area contributed by atoms with Gasteiger partial charge in [0.2, 0.25) is 0 Å². The number of hydrogen-bond acceptors (Lipinski definition) is 1. The molecule has 1 heteroatoms. The fourth-order valence-corrected chi connectivity index (χ4v) is 3.35. The van der Waals surface area contributed by atoms with E-state index in [-0.39, 0.29) is 0 Å². The van der Waals surface area contributed by atoms with Crippen LogP contribution in [0.4, 0.5) is 0 Å². The summed E-state index contributed by atoms with van der Waals surface area (Å²) >= 11 is 0. The van der Waals surface area contributed by atoms with E-state index in [2.05, 4.69) is 39.9 Å². The van der Waals surface area contributed by atoms with Crippen LogP contribution in [-0.4, -0.2) is 13.1 Å². The lowest BCUT2D eigenvalue weighted by Gasteiger charge is -2.42. The van der Waals surface area contributed by atoms with Gasteiger partial charge in [0.1, 0.15) is 0 Å². The molecule has 1 fully saturated rings. The van der Waals surface area contributed by atoms with Crippen LogP contribution in [0.5, 0.6) is 0 Å². The summed E-state index contributed by atoms with van der Waals surface area (Å²) in [5, 5.41) is 3.57. The lowest BCUT2D eigenvalue weighted by Crippen LogP contribution is -2.36. The third-order valence-corrected chi connectivity index (χ3v) is 4.73. The van der Waals surface area contributed by atoms with E-state index in [0.717, 1.165) is 24.3 Å². The van der Waals surface area contributed by atoms with Crippen LogP contribution >= 0.6 is 0 Å². The van der Waals surface area contributed by atoms with Crippen LogP contribution in [0, 0.1) is 23.2 Å². The van der Waals surface area contributed by atoms with Crippen molar-refractivity contribution in [1.82, 2.24) is 5.32 Å². The van der Waals surface area contributed by atoms with Gasteiger partial charge in [0.05, 0.1) is 0 Å². The van der Waals surface area contributed by atoms with E-state index in [1.165, 1.54) is 38.6 Å². The Kier molecular flexibility index (Phi) is 5.99. The van der Waals surface area contributed by atoms with Gasteiger partial charge >= 0.3 is 0 Å². The molecule has 1 rings (SSSR count). The second-order valence-corrected chi connectivity index (χ2v) is 6.98. The van der Waals surface area contributed by atoms with Gasteiger partial charge in [-0.05, 0) is 61.9 Å². The van der Waals surface area contributed by atoms with E-state index >= 15 is 0 Å². The van der Waals surface area contributed by atoms with Crippen molar-refractivity contribution in [1.29, 1.82) is 0 Å². The van der Waals surface area contributed by atoms with Crippen LogP contribution < -0.4 is 5.32 Å². The molecular formula is C16H33N. The fraction of sp³-hybridized carbons (Fsp3) is 1.00. The molecule has 17 heavy (non-hydrogen) atoms. The van der Waals surface area contributed by atoms with Crippen molar-refractivity contribution in [3.63, 3.8) is 0 Å². The van der Waals surface area contributed by atoms with E-state index in [4.69, 9.17) is 0 Å². The Balaban J connectivity index is 2.55. The maximum Gasteiger partial charge on any atom is -0.00180 e. The van der Waals surface area contributed by atoms with Crippen LogP contribution in [0.1, 0.15) is 66.7 Å². The quantitative estimate of drug-likeness (QED) is 0.721. The molecule has 1 N–H and O–H groups in total. The Bertz CT molecular complexity index is 210. The highest BCUT2D eigenvalue weighted by Crippen LogP contribution is 2.44. The smallest absolute Gasteiger partial charge is 0.00180 e. The van der Waals surface area contributed by atoms with Gasteiger partial charge in [0, 0.05) is 0 Å². The molecule has 1 aliphatic rings. The van der Waals surface area contributed by atoms with Gasteiger partial charge in [-0.2, -0.15) is 0 Å². The molecule has 102 valence electrons. The van der Waals surface area contributed by atoms with E-state index < -0.39 is 0 Å². The lowest BCUT2D eigenvalue weighted by atomic mass is 9.65. The third-order valence-electron chi connectivity index (χ3n) is 4.73. The molecule has 0 heterocycles. The molecule has 0 aromatic carbocycles. The van der Waals surface area contributed by atoms with Crippen molar-refractivity contribution < 1.29 is 0 Å². The molecule has 0 aromatic heterocycles. The largest absolute Gasteiger partial charge is 0.317 e. The van der Waals surface area contributed by atoms with Gasteiger partial charge in [0.25, 0.3) is 0 Å². The summed E-state index contributed by atoms with van der Waals surface area (Å²) in [7, 11) is 0. The molecule has 0 aliphatic heterocycles. The highest BCUT2D eigenvalue weighted by Gasteiger charge is 2.34. The normalized spacial score (nSPS) is 30.2. The van der Waals surface area contributed by atoms with Gasteiger partial charge in [-0.25, -0.2) is 0 Å². The summed E-state index contributed by atoms with van der Waals surface area (Å²) in [5.41, 5.74) is 0.584. The van der Waals surface area contributed by atoms with Crippen molar-refractivity contribution in [2.45, 2.75) is 66.7 Å². The van der Waals surface area contributed by atoms with Gasteiger partial charge in [-0.3, -0.25) is 0 Å². The second-order valence-electron chi connectivity index (χ2n) is 6.98. The maximum atomic E-state index is 3.57. The molecule has 3 unspecified atom stereocenters. The Morgan fingerprint density at radius 2 is 1.94 bits per heavy atom. The zero-order valence-corrected chi connectivity index (χ0v) is 12.7.